The van der Waals surface area contributed by atoms with Crippen molar-refractivity contribution < 1.29 is 18.8 Å². The number of benzene rings is 2. The number of ether oxygens (including phenoxy) is 2. The van der Waals surface area contributed by atoms with Crippen LogP contribution >= 0.6 is 0 Å². The Bertz CT molecular complexity index is 1240. The standard InChI is InChI=1S/C26H26N2O4/c1-14-6-5-7-17(10-14)24-23-15(2)28-32-26(23)27-19-11-18(12-20(29)25(19)24)16-8-9-21(30-3)22(13-16)31-4/h5-10,13,18,24,27H,11-12H2,1-4H3/t18-,24+/m1/s1. The van der Waals surface area contributed by atoms with Crippen molar-refractivity contribution in [1.29, 1.82) is 0 Å². The van der Waals surface area contributed by atoms with Gasteiger partial charge in [0.1, 0.15) is 0 Å². The van der Waals surface area contributed by atoms with Crippen molar-refractivity contribution in [1.82, 2.24) is 5.16 Å². The van der Waals surface area contributed by atoms with E-state index in [1.807, 2.05) is 31.2 Å². The highest BCUT2D eigenvalue weighted by atomic mass is 16.5. The number of aromatic nitrogens is 1. The summed E-state index contributed by atoms with van der Waals surface area (Å²) in [6, 6.07) is 14.2. The minimum atomic E-state index is -0.175. The molecule has 3 aromatic rings. The van der Waals surface area contributed by atoms with Crippen LogP contribution in [-0.4, -0.2) is 25.2 Å². The maximum atomic E-state index is 13.6. The number of carbonyl (C=O) groups excluding carboxylic acids is 1. The van der Waals surface area contributed by atoms with Gasteiger partial charge in [-0.1, -0.05) is 41.1 Å². The van der Waals surface area contributed by atoms with Crippen molar-refractivity contribution in [3.8, 4) is 11.5 Å². The average molecular weight is 431 g/mol. The molecule has 1 aliphatic carbocycles. The number of methoxy groups -OCH3 is 2. The maximum Gasteiger partial charge on any atom is 0.233 e. The fraction of sp³-hybridized carbons (Fsp3) is 0.308. The highest BCUT2D eigenvalue weighted by Gasteiger charge is 2.41. The van der Waals surface area contributed by atoms with Gasteiger partial charge in [-0.05, 0) is 49.4 Å². The molecule has 0 saturated carbocycles. The summed E-state index contributed by atoms with van der Waals surface area (Å²) in [5, 5.41) is 7.58. The maximum absolute atomic E-state index is 13.6. The van der Waals surface area contributed by atoms with Crippen LogP contribution in [0.25, 0.3) is 0 Å². The number of nitrogens with zero attached hydrogens (tertiary/aromatic N) is 1. The number of nitrogens with one attached hydrogen (secondary N) is 1. The van der Waals surface area contributed by atoms with Gasteiger partial charge in [0, 0.05) is 23.6 Å². The minimum Gasteiger partial charge on any atom is -0.493 e. The van der Waals surface area contributed by atoms with Crippen LogP contribution in [0.4, 0.5) is 5.88 Å². The fourth-order valence-corrected chi connectivity index (χ4v) is 5.00. The summed E-state index contributed by atoms with van der Waals surface area (Å²) in [7, 11) is 3.24. The van der Waals surface area contributed by atoms with Gasteiger partial charge in [-0.15, -0.1) is 0 Å². The molecule has 2 atom stereocenters. The first-order valence-electron chi connectivity index (χ1n) is 10.8. The van der Waals surface area contributed by atoms with Crippen LogP contribution < -0.4 is 14.8 Å². The molecule has 2 aliphatic rings. The molecule has 0 radical (unpaired) electrons. The van der Waals surface area contributed by atoms with Crippen LogP contribution in [0, 0.1) is 13.8 Å². The van der Waals surface area contributed by atoms with Gasteiger partial charge >= 0.3 is 0 Å². The monoisotopic (exact) mass is 430 g/mol. The molecule has 0 unspecified atom stereocenters. The molecule has 2 aromatic carbocycles. The third-order valence-electron chi connectivity index (χ3n) is 6.51. The molecule has 0 spiro atoms. The molecule has 2 heterocycles. The van der Waals surface area contributed by atoms with E-state index in [2.05, 4.69) is 35.6 Å². The summed E-state index contributed by atoms with van der Waals surface area (Å²) < 4.78 is 16.5. The number of aryl methyl sites for hydroxylation is 2. The first kappa shape index (κ1) is 20.4. The van der Waals surface area contributed by atoms with Crippen LogP contribution in [-0.2, 0) is 4.79 Å². The molecule has 0 bridgehead atoms. The van der Waals surface area contributed by atoms with Gasteiger partial charge in [-0.3, -0.25) is 4.79 Å². The number of carbonyl (C=O) groups is 1. The molecular weight excluding hydrogens is 404 g/mol. The summed E-state index contributed by atoms with van der Waals surface area (Å²) in [5.74, 6) is 1.99. The molecule has 32 heavy (non-hydrogen) atoms. The van der Waals surface area contributed by atoms with Gasteiger partial charge in [-0.25, -0.2) is 0 Å². The Hall–Kier alpha value is -3.54. The molecule has 0 fully saturated rings. The number of anilines is 1. The largest absolute Gasteiger partial charge is 0.493 e. The highest BCUT2D eigenvalue weighted by Crippen LogP contribution is 2.49. The lowest BCUT2D eigenvalue weighted by molar-refractivity contribution is -0.116. The van der Waals surface area contributed by atoms with Gasteiger partial charge in [0.25, 0.3) is 0 Å². The first-order valence-corrected chi connectivity index (χ1v) is 10.8. The van der Waals surface area contributed by atoms with E-state index < -0.39 is 0 Å². The van der Waals surface area contributed by atoms with E-state index in [-0.39, 0.29) is 17.6 Å². The van der Waals surface area contributed by atoms with E-state index in [1.54, 1.807) is 14.2 Å². The summed E-state index contributed by atoms with van der Waals surface area (Å²) in [6.07, 6.45) is 1.15. The Morgan fingerprint density at radius 2 is 1.81 bits per heavy atom. The van der Waals surface area contributed by atoms with Crippen LogP contribution in [0.15, 0.2) is 58.3 Å². The summed E-state index contributed by atoms with van der Waals surface area (Å²) in [6.45, 7) is 4.00. The number of rotatable bonds is 4. The number of hydrogen-bond acceptors (Lipinski definition) is 6. The predicted octanol–water partition coefficient (Wildman–Crippen LogP) is 5.27. The third kappa shape index (κ3) is 3.27. The molecule has 1 aromatic heterocycles. The van der Waals surface area contributed by atoms with Crippen LogP contribution in [0.3, 0.4) is 0 Å². The van der Waals surface area contributed by atoms with E-state index in [1.165, 1.54) is 0 Å². The highest BCUT2D eigenvalue weighted by molar-refractivity contribution is 6.01. The van der Waals surface area contributed by atoms with Gasteiger partial charge in [0.2, 0.25) is 5.88 Å². The summed E-state index contributed by atoms with van der Waals surface area (Å²) in [5.41, 5.74) is 6.79. The van der Waals surface area contributed by atoms with Crippen molar-refractivity contribution in [3.63, 3.8) is 0 Å². The zero-order chi connectivity index (χ0) is 22.4. The molecule has 1 aliphatic heterocycles. The number of hydrogen-bond donors (Lipinski definition) is 1. The van der Waals surface area contributed by atoms with Crippen molar-refractivity contribution in [2.45, 2.75) is 38.5 Å². The van der Waals surface area contributed by atoms with Crippen molar-refractivity contribution in [3.05, 3.63) is 81.7 Å². The normalized spacial score (nSPS) is 19.8. The van der Waals surface area contributed by atoms with Crippen molar-refractivity contribution in [2.75, 3.05) is 19.5 Å². The Kier molecular flexibility index (Phi) is 5.00. The second-order valence-electron chi connectivity index (χ2n) is 8.52. The lowest BCUT2D eigenvalue weighted by Gasteiger charge is -2.34. The number of fused-ring (bicyclic) bond motifs is 1. The second-order valence-corrected chi connectivity index (χ2v) is 8.52. The minimum absolute atomic E-state index is 0.0392. The number of allylic oxidation sites excluding steroid dienone is 2. The predicted molar refractivity (Wildman–Crippen MR) is 121 cm³/mol. The van der Waals surface area contributed by atoms with E-state index in [0.29, 0.717) is 30.2 Å². The van der Waals surface area contributed by atoms with Crippen molar-refractivity contribution in [2.24, 2.45) is 0 Å². The smallest absolute Gasteiger partial charge is 0.233 e. The first-order chi connectivity index (χ1) is 15.5. The summed E-state index contributed by atoms with van der Waals surface area (Å²) in [4.78, 5) is 13.6. The van der Waals surface area contributed by atoms with Gasteiger partial charge in [0.05, 0.1) is 25.5 Å². The van der Waals surface area contributed by atoms with Gasteiger partial charge < -0.3 is 19.3 Å². The SMILES string of the molecule is COc1ccc([C@H]2CC(=O)C3=C(C2)Nc2onc(C)c2[C@@H]3c2cccc(C)c2)cc1OC. The Morgan fingerprint density at radius 1 is 1.00 bits per heavy atom. The third-order valence-corrected chi connectivity index (χ3v) is 6.51. The quantitative estimate of drug-likeness (QED) is 0.608. The number of Topliss-reactive ketones (excluding diaryl/α,β-unsaturated/α-hetero) is 1. The van der Waals surface area contributed by atoms with E-state index in [9.17, 15) is 4.79 Å². The molecule has 1 N–H and O–H groups in total. The van der Waals surface area contributed by atoms with Crippen molar-refractivity contribution >= 4 is 11.7 Å². The van der Waals surface area contributed by atoms with Crippen LogP contribution in [0.5, 0.6) is 11.5 Å². The zero-order valence-electron chi connectivity index (χ0n) is 18.7. The van der Waals surface area contributed by atoms with E-state index in [4.69, 9.17) is 14.0 Å². The molecule has 0 saturated heterocycles. The van der Waals surface area contributed by atoms with Crippen LogP contribution in [0.2, 0.25) is 0 Å². The lowest BCUT2D eigenvalue weighted by atomic mass is 9.72. The molecule has 0 amide bonds. The molecule has 5 rings (SSSR count). The zero-order valence-corrected chi connectivity index (χ0v) is 18.7. The van der Waals surface area contributed by atoms with Gasteiger partial charge in [0.15, 0.2) is 17.3 Å². The number of ketones is 1. The lowest BCUT2D eigenvalue weighted by Crippen LogP contribution is -2.29. The fourth-order valence-electron chi connectivity index (χ4n) is 5.00. The van der Waals surface area contributed by atoms with Crippen LogP contribution in [0.1, 0.15) is 52.6 Å². The Labute approximate surface area is 187 Å². The Morgan fingerprint density at radius 3 is 2.56 bits per heavy atom. The molecule has 6 heteroatoms. The molecule has 6 nitrogen and oxygen atoms in total. The van der Waals surface area contributed by atoms with E-state index in [0.717, 1.165) is 39.2 Å². The topological polar surface area (TPSA) is 73.6 Å². The molecule has 164 valence electrons. The molecular formula is C26H26N2O4. The summed E-state index contributed by atoms with van der Waals surface area (Å²) >= 11 is 0. The van der Waals surface area contributed by atoms with Gasteiger partial charge in [-0.2, -0.15) is 0 Å². The van der Waals surface area contributed by atoms with E-state index >= 15 is 0 Å². The average Bonchev–Trinajstić information content (AvgIpc) is 3.17. The Balaban J connectivity index is 1.58. The second kappa shape index (κ2) is 7.86.